The second-order valence-corrected chi connectivity index (χ2v) is 14.6. The Morgan fingerprint density at radius 3 is 2.00 bits per heavy atom. The smallest absolute Gasteiger partial charge is 0.335 e. The molecule has 50 heavy (non-hydrogen) atoms. The number of hydrogen-bond donors (Lipinski definition) is 5. The van der Waals surface area contributed by atoms with E-state index in [4.69, 9.17) is 0 Å². The van der Waals surface area contributed by atoms with Gasteiger partial charge in [0.25, 0.3) is 11.8 Å². The van der Waals surface area contributed by atoms with Crippen LogP contribution < -0.4 is 16.0 Å². The van der Waals surface area contributed by atoms with E-state index < -0.39 is 29.8 Å². The molecule has 8 rings (SSSR count). The number of hydrogen-bond acceptors (Lipinski definition) is 5. The Hall–Kier alpha value is -5.45. The number of aryl methyl sites for hydroxylation is 1. The van der Waals surface area contributed by atoms with Gasteiger partial charge in [-0.3, -0.25) is 14.4 Å². The van der Waals surface area contributed by atoms with E-state index in [2.05, 4.69) is 16.0 Å². The first kappa shape index (κ1) is 33.1. The van der Waals surface area contributed by atoms with Crippen LogP contribution >= 0.6 is 0 Å². The molecular formula is C39H40N4O7. The van der Waals surface area contributed by atoms with Crippen molar-refractivity contribution in [2.75, 3.05) is 11.9 Å². The fourth-order valence-electron chi connectivity index (χ4n) is 9.03. The van der Waals surface area contributed by atoms with Crippen LogP contribution in [0.15, 0.2) is 72.9 Å². The lowest BCUT2D eigenvalue weighted by Gasteiger charge is -2.56. The summed E-state index contributed by atoms with van der Waals surface area (Å²) in [6.45, 7) is 0.565. The molecule has 4 fully saturated rings. The number of benzene rings is 3. The molecule has 4 aliphatic rings. The number of anilines is 1. The average molecular weight is 677 g/mol. The third-order valence-corrected chi connectivity index (χ3v) is 10.9. The van der Waals surface area contributed by atoms with Gasteiger partial charge in [-0.05, 0) is 104 Å². The highest BCUT2D eigenvalue weighted by Crippen LogP contribution is 2.59. The highest BCUT2D eigenvalue weighted by atomic mass is 16.4. The summed E-state index contributed by atoms with van der Waals surface area (Å²) in [4.78, 5) is 65.3. The summed E-state index contributed by atoms with van der Waals surface area (Å²) in [5.41, 5.74) is 1.23. The standard InChI is InChI=1S/C39H40N4O7/c1-43-8-7-26-16-30(34(44)40-21-39-18-23-9-24(19-39)11-25(10-23)20-39)31(17-33(26)43)35(45)42-32(12-22-5-3-2-4-6-22)36(46)41-29-14-27(37(47)48)13-28(15-29)38(49)50/h2-8,13-17,23-25,32H,9-12,18-21H2,1H3,(H,40,44)(H,41,46)(H,42,45)(H,47,48)(H,49,50)/t23?,24?,25?,32-,39?/m0/s1. The van der Waals surface area contributed by atoms with Crippen LogP contribution in [0.3, 0.4) is 0 Å². The van der Waals surface area contributed by atoms with Crippen molar-refractivity contribution in [2.45, 2.75) is 51.0 Å². The number of aromatic nitrogens is 1. The molecule has 11 heteroatoms. The number of carbonyl (C=O) groups is 5. The number of rotatable bonds is 11. The summed E-state index contributed by atoms with van der Waals surface area (Å²) in [6.07, 6.45) is 9.20. The zero-order chi connectivity index (χ0) is 35.2. The van der Waals surface area contributed by atoms with Crippen LogP contribution in [0.2, 0.25) is 0 Å². The number of aromatic carboxylic acids is 2. The van der Waals surface area contributed by atoms with Crippen LogP contribution in [-0.2, 0) is 18.3 Å². The molecule has 258 valence electrons. The molecule has 0 aliphatic heterocycles. The number of carboxylic acids is 2. The van der Waals surface area contributed by atoms with Gasteiger partial charge >= 0.3 is 11.9 Å². The molecular weight excluding hydrogens is 636 g/mol. The molecule has 0 unspecified atom stereocenters. The van der Waals surface area contributed by atoms with E-state index >= 15 is 0 Å². The first-order valence-electron chi connectivity index (χ1n) is 17.1. The molecule has 1 heterocycles. The normalized spacial score (nSPS) is 22.5. The largest absolute Gasteiger partial charge is 0.478 e. The maximum atomic E-state index is 14.2. The van der Waals surface area contributed by atoms with Crippen molar-refractivity contribution in [1.29, 1.82) is 0 Å². The lowest BCUT2D eigenvalue weighted by Crippen LogP contribution is -2.51. The Kier molecular flexibility index (Phi) is 8.67. The van der Waals surface area contributed by atoms with Gasteiger partial charge in [0.15, 0.2) is 0 Å². The molecule has 11 nitrogen and oxygen atoms in total. The number of fused-ring (bicyclic) bond motifs is 1. The van der Waals surface area contributed by atoms with Crippen molar-refractivity contribution in [2.24, 2.45) is 30.2 Å². The Bertz CT molecular complexity index is 1950. The average Bonchev–Trinajstić information content (AvgIpc) is 3.45. The Morgan fingerprint density at radius 1 is 0.800 bits per heavy atom. The van der Waals surface area contributed by atoms with Crippen LogP contribution in [0.1, 0.15) is 85.5 Å². The van der Waals surface area contributed by atoms with Crippen LogP contribution in [0.5, 0.6) is 0 Å². The van der Waals surface area contributed by atoms with E-state index in [1.807, 2.05) is 29.9 Å². The summed E-state index contributed by atoms with van der Waals surface area (Å²) in [5.74, 6) is -2.18. The fraction of sp³-hybridized carbons (Fsp3) is 0.359. The summed E-state index contributed by atoms with van der Waals surface area (Å²) >= 11 is 0. The van der Waals surface area contributed by atoms with Gasteiger partial charge in [-0.25, -0.2) is 9.59 Å². The molecule has 1 aromatic heterocycles. The quantitative estimate of drug-likeness (QED) is 0.140. The number of carboxylic acid groups (broad SMARTS) is 2. The third kappa shape index (κ3) is 6.72. The molecule has 4 bridgehead atoms. The molecule has 3 amide bonds. The molecule has 4 aromatic rings. The second-order valence-electron chi connectivity index (χ2n) is 14.6. The predicted molar refractivity (Wildman–Crippen MR) is 186 cm³/mol. The van der Waals surface area contributed by atoms with Gasteiger partial charge in [0, 0.05) is 42.8 Å². The van der Waals surface area contributed by atoms with Crippen molar-refractivity contribution in [3.63, 3.8) is 0 Å². The fourth-order valence-corrected chi connectivity index (χ4v) is 9.03. The van der Waals surface area contributed by atoms with Crippen molar-refractivity contribution in [3.05, 3.63) is 101 Å². The monoisotopic (exact) mass is 676 g/mol. The lowest BCUT2D eigenvalue weighted by atomic mass is 9.49. The van der Waals surface area contributed by atoms with E-state index in [-0.39, 0.29) is 45.7 Å². The molecule has 1 atom stereocenters. The van der Waals surface area contributed by atoms with Crippen LogP contribution in [0.25, 0.3) is 10.9 Å². The summed E-state index contributed by atoms with van der Waals surface area (Å²) in [6, 6.07) is 16.5. The van der Waals surface area contributed by atoms with Gasteiger partial charge in [0.2, 0.25) is 5.91 Å². The Labute approximate surface area is 289 Å². The van der Waals surface area contributed by atoms with E-state index in [1.54, 1.807) is 36.4 Å². The van der Waals surface area contributed by atoms with E-state index in [1.165, 1.54) is 19.3 Å². The van der Waals surface area contributed by atoms with Crippen molar-refractivity contribution in [3.8, 4) is 0 Å². The van der Waals surface area contributed by atoms with Crippen LogP contribution in [-0.4, -0.2) is 57.0 Å². The molecule has 4 aliphatic carbocycles. The molecule has 4 saturated carbocycles. The Morgan fingerprint density at radius 2 is 1.40 bits per heavy atom. The maximum absolute atomic E-state index is 14.2. The van der Waals surface area contributed by atoms with Crippen molar-refractivity contribution < 1.29 is 34.2 Å². The summed E-state index contributed by atoms with van der Waals surface area (Å²) in [7, 11) is 1.85. The first-order valence-corrected chi connectivity index (χ1v) is 17.1. The van der Waals surface area contributed by atoms with Gasteiger partial charge in [-0.1, -0.05) is 30.3 Å². The number of carbonyl (C=O) groups excluding carboxylic acids is 3. The number of nitrogens with one attached hydrogen (secondary N) is 3. The molecule has 0 saturated heterocycles. The first-order chi connectivity index (χ1) is 23.9. The highest BCUT2D eigenvalue weighted by molar-refractivity contribution is 6.11. The molecule has 0 radical (unpaired) electrons. The Balaban J connectivity index is 1.17. The third-order valence-electron chi connectivity index (χ3n) is 10.9. The van der Waals surface area contributed by atoms with Crippen molar-refractivity contribution in [1.82, 2.24) is 15.2 Å². The van der Waals surface area contributed by atoms with Gasteiger partial charge < -0.3 is 30.7 Å². The SMILES string of the molecule is Cn1ccc2cc(C(=O)NCC34CC5CC(CC(C5)C3)C4)c(C(=O)N[C@@H](Cc3ccccc3)C(=O)Nc3cc(C(=O)O)cc(C(=O)O)c3)cc21. The van der Waals surface area contributed by atoms with Crippen LogP contribution in [0, 0.1) is 23.2 Å². The maximum Gasteiger partial charge on any atom is 0.335 e. The lowest BCUT2D eigenvalue weighted by molar-refractivity contribution is -0.118. The topological polar surface area (TPSA) is 167 Å². The van der Waals surface area contributed by atoms with Gasteiger partial charge in [-0.2, -0.15) is 0 Å². The highest BCUT2D eigenvalue weighted by Gasteiger charge is 2.50. The summed E-state index contributed by atoms with van der Waals surface area (Å²) in [5, 5.41) is 28.5. The predicted octanol–water partition coefficient (Wildman–Crippen LogP) is 5.50. The van der Waals surface area contributed by atoms with Gasteiger partial charge in [0.1, 0.15) is 6.04 Å². The van der Waals surface area contributed by atoms with E-state index in [0.717, 1.165) is 71.7 Å². The zero-order valence-corrected chi connectivity index (χ0v) is 27.8. The minimum absolute atomic E-state index is 0.0467. The molecule has 0 spiro atoms. The minimum Gasteiger partial charge on any atom is -0.478 e. The van der Waals surface area contributed by atoms with E-state index in [0.29, 0.717) is 6.54 Å². The minimum atomic E-state index is -1.36. The zero-order valence-electron chi connectivity index (χ0n) is 27.8. The number of nitrogens with zero attached hydrogens (tertiary/aromatic N) is 1. The van der Waals surface area contributed by atoms with Crippen molar-refractivity contribution >= 4 is 46.3 Å². The van der Waals surface area contributed by atoms with E-state index in [9.17, 15) is 34.2 Å². The molecule has 3 aromatic carbocycles. The molecule has 5 N–H and O–H groups in total. The summed E-state index contributed by atoms with van der Waals surface area (Å²) < 4.78 is 1.85. The van der Waals surface area contributed by atoms with Gasteiger partial charge in [0.05, 0.1) is 22.3 Å². The second kappa shape index (κ2) is 13.1. The number of amides is 3. The van der Waals surface area contributed by atoms with Gasteiger partial charge in [-0.15, -0.1) is 0 Å². The van der Waals surface area contributed by atoms with Crippen LogP contribution in [0.4, 0.5) is 5.69 Å².